The third kappa shape index (κ3) is 5.53. The first kappa shape index (κ1) is 29.7. The lowest BCUT2D eigenvalue weighted by Crippen LogP contribution is -2.40. The zero-order valence-corrected chi connectivity index (χ0v) is 25.1. The SMILES string of the molecule is COc1cc(C)[nH]c(=O)c1CCC(=O)c1c(C)n([C@H](C)C2CCN(S(=O)(=O)c3ccc(F)cc3)CC2)c2ccccc12. The van der Waals surface area contributed by atoms with Crippen molar-refractivity contribution in [3.8, 4) is 5.75 Å². The van der Waals surface area contributed by atoms with E-state index in [4.69, 9.17) is 4.74 Å². The van der Waals surface area contributed by atoms with Gasteiger partial charge in [-0.1, -0.05) is 18.2 Å². The molecule has 0 amide bonds. The number of piperidine rings is 1. The molecule has 0 saturated carbocycles. The number of hydrogen-bond acceptors (Lipinski definition) is 5. The molecular weight excluding hydrogens is 557 g/mol. The number of carbonyl (C=O) groups is 1. The van der Waals surface area contributed by atoms with Crippen molar-refractivity contribution in [1.29, 1.82) is 0 Å². The van der Waals surface area contributed by atoms with Crippen LogP contribution in [0.1, 0.15) is 59.5 Å². The Morgan fingerprint density at radius 2 is 1.76 bits per heavy atom. The lowest BCUT2D eigenvalue weighted by Gasteiger charge is -2.35. The first-order valence-corrected chi connectivity index (χ1v) is 15.6. The van der Waals surface area contributed by atoms with Gasteiger partial charge in [-0.15, -0.1) is 0 Å². The summed E-state index contributed by atoms with van der Waals surface area (Å²) in [6, 6.07) is 14.5. The van der Waals surface area contributed by atoms with Crippen LogP contribution in [0.15, 0.2) is 64.3 Å². The number of aromatic amines is 1. The second-order valence-electron chi connectivity index (χ2n) is 11.0. The minimum absolute atomic E-state index is 0.0205. The number of benzene rings is 2. The molecule has 2 aromatic carbocycles. The highest BCUT2D eigenvalue weighted by molar-refractivity contribution is 7.89. The number of aryl methyl sites for hydroxylation is 1. The van der Waals surface area contributed by atoms with Crippen LogP contribution in [-0.4, -0.2) is 48.3 Å². The Hall–Kier alpha value is -3.76. The highest BCUT2D eigenvalue weighted by Gasteiger charge is 2.33. The minimum atomic E-state index is -3.70. The normalized spacial score (nSPS) is 15.6. The zero-order chi connectivity index (χ0) is 30.2. The molecule has 1 fully saturated rings. The number of sulfonamides is 1. The summed E-state index contributed by atoms with van der Waals surface area (Å²) in [6.07, 6.45) is 1.73. The van der Waals surface area contributed by atoms with Gasteiger partial charge in [-0.3, -0.25) is 9.59 Å². The number of pyridine rings is 1. The molecule has 0 spiro atoms. The van der Waals surface area contributed by atoms with Crippen LogP contribution in [0.3, 0.4) is 0 Å². The van der Waals surface area contributed by atoms with Crippen molar-refractivity contribution in [2.75, 3.05) is 20.2 Å². The summed E-state index contributed by atoms with van der Waals surface area (Å²) in [5.41, 5.74) is 3.36. The molecule has 42 heavy (non-hydrogen) atoms. The number of ether oxygens (including phenoxy) is 1. The van der Waals surface area contributed by atoms with Gasteiger partial charge in [-0.2, -0.15) is 4.31 Å². The van der Waals surface area contributed by atoms with E-state index in [2.05, 4.69) is 16.5 Å². The zero-order valence-electron chi connectivity index (χ0n) is 24.3. The third-order valence-corrected chi connectivity index (χ3v) is 10.4. The van der Waals surface area contributed by atoms with Gasteiger partial charge in [0.15, 0.2) is 5.78 Å². The maximum Gasteiger partial charge on any atom is 0.255 e. The van der Waals surface area contributed by atoms with Gasteiger partial charge in [0.2, 0.25) is 10.0 Å². The molecule has 3 heterocycles. The van der Waals surface area contributed by atoms with Crippen LogP contribution in [-0.2, 0) is 16.4 Å². The Kier molecular flexibility index (Phi) is 8.39. The van der Waals surface area contributed by atoms with Crippen LogP contribution in [0, 0.1) is 25.6 Å². The topological polar surface area (TPSA) is 101 Å². The molecule has 0 bridgehead atoms. The van der Waals surface area contributed by atoms with Crippen LogP contribution in [0.4, 0.5) is 4.39 Å². The Bertz CT molecular complexity index is 1790. The number of rotatable bonds is 9. The van der Waals surface area contributed by atoms with Crippen molar-refractivity contribution in [3.05, 3.63) is 93.3 Å². The summed E-state index contributed by atoms with van der Waals surface area (Å²) in [5, 5.41) is 0.868. The number of hydrogen-bond donors (Lipinski definition) is 1. The number of methoxy groups -OCH3 is 1. The predicted molar refractivity (Wildman–Crippen MR) is 160 cm³/mol. The molecule has 0 radical (unpaired) electrons. The number of Topliss-reactive ketones (excluding diaryl/α,β-unsaturated/α-hetero) is 1. The monoisotopic (exact) mass is 593 g/mol. The number of H-pyrrole nitrogens is 1. The summed E-state index contributed by atoms with van der Waals surface area (Å²) in [5.74, 6) is 0.149. The molecule has 0 unspecified atom stereocenters. The largest absolute Gasteiger partial charge is 0.496 e. The number of nitrogens with one attached hydrogen (secondary N) is 1. The van der Waals surface area contributed by atoms with Gasteiger partial charge in [-0.05, 0) is 82.3 Å². The number of carbonyl (C=O) groups excluding carboxylic acids is 1. The van der Waals surface area contributed by atoms with Crippen LogP contribution < -0.4 is 10.3 Å². The lowest BCUT2D eigenvalue weighted by molar-refractivity contribution is 0.0983. The van der Waals surface area contributed by atoms with Crippen molar-refractivity contribution >= 4 is 26.7 Å². The Morgan fingerprint density at radius 1 is 1.10 bits per heavy atom. The quantitative estimate of drug-likeness (QED) is 0.256. The smallest absolute Gasteiger partial charge is 0.255 e. The van der Waals surface area contributed by atoms with Gasteiger partial charge in [-0.25, -0.2) is 12.8 Å². The molecule has 2 aromatic heterocycles. The first-order valence-electron chi connectivity index (χ1n) is 14.2. The molecule has 5 rings (SSSR count). The summed E-state index contributed by atoms with van der Waals surface area (Å²) < 4.78 is 48.7. The molecular formula is C32H36FN3O5S. The molecule has 1 atom stereocenters. The molecule has 4 aromatic rings. The van der Waals surface area contributed by atoms with Crippen molar-refractivity contribution in [2.45, 2.75) is 57.4 Å². The van der Waals surface area contributed by atoms with Gasteiger partial charge in [0.1, 0.15) is 11.6 Å². The molecule has 1 aliphatic heterocycles. The minimum Gasteiger partial charge on any atom is -0.496 e. The van der Waals surface area contributed by atoms with E-state index in [1.54, 1.807) is 13.0 Å². The number of ketones is 1. The van der Waals surface area contributed by atoms with Gasteiger partial charge in [0.25, 0.3) is 5.56 Å². The van der Waals surface area contributed by atoms with Crippen LogP contribution in [0.2, 0.25) is 0 Å². The van der Waals surface area contributed by atoms with E-state index in [0.717, 1.165) is 28.7 Å². The number of nitrogens with zero attached hydrogens (tertiary/aromatic N) is 2. The molecule has 1 saturated heterocycles. The maximum atomic E-state index is 13.7. The standard InChI is InChI=1S/C32H36FN3O5S/c1-20-19-30(41-4)27(32(38)34-20)13-14-29(37)31-22(3)36(28-8-6-5-7-26(28)31)21(2)23-15-17-35(18-16-23)42(39,40)25-11-9-24(33)10-12-25/h5-12,19,21,23H,13-18H2,1-4H3,(H,34,38)/t21-/m1/s1. The number of fused-ring (bicyclic) bond motifs is 1. The van der Waals surface area contributed by atoms with Gasteiger partial charge in [0, 0.05) is 53.4 Å². The van der Waals surface area contributed by atoms with Gasteiger partial charge in [0.05, 0.1) is 17.6 Å². The molecule has 222 valence electrons. The summed E-state index contributed by atoms with van der Waals surface area (Å²) in [7, 11) is -2.19. The van der Waals surface area contributed by atoms with Crippen LogP contribution in [0.25, 0.3) is 10.9 Å². The Balaban J connectivity index is 1.37. The number of para-hydroxylation sites is 1. The first-order chi connectivity index (χ1) is 20.0. The average molecular weight is 594 g/mol. The van der Waals surface area contributed by atoms with Crippen LogP contribution >= 0.6 is 0 Å². The van der Waals surface area contributed by atoms with E-state index in [9.17, 15) is 22.4 Å². The second-order valence-corrected chi connectivity index (χ2v) is 13.0. The summed E-state index contributed by atoms with van der Waals surface area (Å²) >= 11 is 0. The van der Waals surface area contributed by atoms with Gasteiger partial charge >= 0.3 is 0 Å². The lowest BCUT2D eigenvalue weighted by atomic mass is 9.91. The van der Waals surface area contributed by atoms with Gasteiger partial charge < -0.3 is 14.3 Å². The fraction of sp³-hybridized carbons (Fsp3) is 0.375. The molecule has 8 nitrogen and oxygen atoms in total. The third-order valence-electron chi connectivity index (χ3n) is 8.53. The Labute approximate surface area is 245 Å². The van der Waals surface area contributed by atoms with E-state index in [-0.39, 0.29) is 41.0 Å². The number of aromatic nitrogens is 2. The van der Waals surface area contributed by atoms with Crippen LogP contribution in [0.5, 0.6) is 5.75 Å². The fourth-order valence-electron chi connectivity index (χ4n) is 6.30. The molecule has 1 N–H and O–H groups in total. The second kappa shape index (κ2) is 11.9. The number of halogens is 1. The van der Waals surface area contributed by atoms with E-state index < -0.39 is 15.8 Å². The van der Waals surface area contributed by atoms with Crippen molar-refractivity contribution < 1.29 is 22.3 Å². The highest BCUT2D eigenvalue weighted by atomic mass is 32.2. The average Bonchev–Trinajstić information content (AvgIpc) is 3.27. The summed E-state index contributed by atoms with van der Waals surface area (Å²) in [6.45, 7) is 6.60. The van der Waals surface area contributed by atoms with E-state index in [1.807, 2.05) is 31.2 Å². The van der Waals surface area contributed by atoms with Crippen molar-refractivity contribution in [3.63, 3.8) is 0 Å². The highest BCUT2D eigenvalue weighted by Crippen LogP contribution is 2.37. The van der Waals surface area contributed by atoms with E-state index in [1.165, 1.54) is 23.5 Å². The van der Waals surface area contributed by atoms with Crippen molar-refractivity contribution in [1.82, 2.24) is 13.9 Å². The molecule has 1 aliphatic rings. The maximum absolute atomic E-state index is 13.7. The fourth-order valence-corrected chi connectivity index (χ4v) is 7.77. The van der Waals surface area contributed by atoms with E-state index >= 15 is 0 Å². The molecule has 10 heteroatoms. The van der Waals surface area contributed by atoms with E-state index in [0.29, 0.717) is 48.5 Å². The van der Waals surface area contributed by atoms with Crippen molar-refractivity contribution in [2.24, 2.45) is 5.92 Å². The Morgan fingerprint density at radius 3 is 2.43 bits per heavy atom. The molecule has 0 aliphatic carbocycles. The summed E-state index contributed by atoms with van der Waals surface area (Å²) in [4.78, 5) is 29.2. The predicted octanol–water partition coefficient (Wildman–Crippen LogP) is 5.57.